The number of nitrogens with one attached hydrogen (secondary N) is 1. The van der Waals surface area contributed by atoms with Gasteiger partial charge in [-0.05, 0) is 60.7 Å². The molecule has 1 heterocycles. The maximum atomic E-state index is 12.4. The Morgan fingerprint density at radius 2 is 1.83 bits per heavy atom. The van der Waals surface area contributed by atoms with E-state index in [2.05, 4.69) is 4.72 Å². The Balaban J connectivity index is 1.72. The molecule has 0 spiro atoms. The van der Waals surface area contributed by atoms with E-state index in [0.29, 0.717) is 5.56 Å². The van der Waals surface area contributed by atoms with Crippen LogP contribution in [0.15, 0.2) is 58.1 Å². The number of hydrogen-bond acceptors (Lipinski definition) is 7. The van der Waals surface area contributed by atoms with Gasteiger partial charge in [0.15, 0.2) is 12.4 Å². The summed E-state index contributed by atoms with van der Waals surface area (Å²) >= 11 is 1.04. The van der Waals surface area contributed by atoms with E-state index in [1.54, 1.807) is 29.6 Å². The van der Waals surface area contributed by atoms with Gasteiger partial charge >= 0.3 is 5.97 Å². The molecular formula is C21H19NO6S2. The maximum absolute atomic E-state index is 12.4. The molecule has 3 rings (SSSR count). The lowest BCUT2D eigenvalue weighted by atomic mass is 10.0. The monoisotopic (exact) mass is 445 g/mol. The standard InChI is InChI=1S/C21H19NO6S2/c1-13-5-6-15(10-14(13)2)19(24)12-28-21(25)17-11-16(7-8-18(17)23)22-30(26,27)20-4-3-9-29-20/h3-11,22-23H,12H2,1-2H3. The second kappa shape index (κ2) is 8.68. The molecule has 0 unspecified atom stereocenters. The van der Waals surface area contributed by atoms with Crippen LogP contribution in [0, 0.1) is 13.8 Å². The highest BCUT2D eigenvalue weighted by Gasteiger charge is 2.19. The second-order valence-corrected chi connectivity index (χ2v) is 9.42. The highest BCUT2D eigenvalue weighted by molar-refractivity contribution is 7.94. The number of Topliss-reactive ketones (excluding diaryl/α,β-unsaturated/α-hetero) is 1. The summed E-state index contributed by atoms with van der Waals surface area (Å²) in [4.78, 5) is 24.6. The van der Waals surface area contributed by atoms with Crippen molar-refractivity contribution < 1.29 is 27.9 Å². The minimum Gasteiger partial charge on any atom is -0.507 e. The lowest BCUT2D eigenvalue weighted by molar-refractivity contribution is 0.0472. The van der Waals surface area contributed by atoms with E-state index in [9.17, 15) is 23.1 Å². The van der Waals surface area contributed by atoms with Gasteiger partial charge in [0, 0.05) is 11.3 Å². The van der Waals surface area contributed by atoms with Crippen LogP contribution < -0.4 is 4.72 Å². The summed E-state index contributed by atoms with van der Waals surface area (Å²) in [6, 6.07) is 11.9. The largest absolute Gasteiger partial charge is 0.507 e. The van der Waals surface area contributed by atoms with Crippen molar-refractivity contribution >= 4 is 38.8 Å². The molecule has 0 aliphatic carbocycles. The molecule has 2 N–H and O–H groups in total. The zero-order valence-corrected chi connectivity index (χ0v) is 17.8. The van der Waals surface area contributed by atoms with Crippen molar-refractivity contribution in [2.75, 3.05) is 11.3 Å². The topological polar surface area (TPSA) is 110 Å². The number of phenols is 1. The van der Waals surface area contributed by atoms with Gasteiger partial charge in [0.25, 0.3) is 10.0 Å². The quantitative estimate of drug-likeness (QED) is 0.324. The number of carbonyl (C=O) groups is 2. The summed E-state index contributed by atoms with van der Waals surface area (Å²) in [5.74, 6) is -1.72. The first-order valence-electron chi connectivity index (χ1n) is 8.84. The number of anilines is 1. The number of phenolic OH excluding ortho intramolecular Hbond substituents is 1. The molecular weight excluding hydrogens is 426 g/mol. The van der Waals surface area contributed by atoms with Crippen LogP contribution in [0.1, 0.15) is 31.8 Å². The molecule has 0 bridgehead atoms. The van der Waals surface area contributed by atoms with Crippen molar-refractivity contribution in [3.63, 3.8) is 0 Å². The fraction of sp³-hybridized carbons (Fsp3) is 0.143. The van der Waals surface area contributed by atoms with Crippen LogP contribution >= 0.6 is 11.3 Å². The van der Waals surface area contributed by atoms with E-state index in [1.165, 1.54) is 18.2 Å². The predicted molar refractivity (Wildman–Crippen MR) is 114 cm³/mol. The van der Waals surface area contributed by atoms with Gasteiger partial charge < -0.3 is 9.84 Å². The van der Waals surface area contributed by atoms with Crippen molar-refractivity contribution in [3.8, 4) is 5.75 Å². The Hall–Kier alpha value is -3.17. The average molecular weight is 446 g/mol. The molecule has 0 radical (unpaired) electrons. The number of esters is 1. The van der Waals surface area contributed by atoms with Gasteiger partial charge in [0.05, 0.1) is 0 Å². The van der Waals surface area contributed by atoms with E-state index in [0.717, 1.165) is 28.5 Å². The molecule has 156 valence electrons. The summed E-state index contributed by atoms with van der Waals surface area (Å²) < 4.78 is 32.1. The number of rotatable bonds is 7. The molecule has 1 aromatic heterocycles. The fourth-order valence-corrected chi connectivity index (χ4v) is 4.63. The first kappa shape index (κ1) is 21.5. The van der Waals surface area contributed by atoms with Crippen LogP contribution in [0.2, 0.25) is 0 Å². The Morgan fingerprint density at radius 1 is 1.07 bits per heavy atom. The van der Waals surface area contributed by atoms with E-state index in [4.69, 9.17) is 4.74 Å². The first-order chi connectivity index (χ1) is 14.2. The minimum absolute atomic E-state index is 0.0774. The average Bonchev–Trinajstić information content (AvgIpc) is 3.25. The summed E-state index contributed by atoms with van der Waals surface area (Å²) in [6.07, 6.45) is 0. The molecule has 0 amide bonds. The highest BCUT2D eigenvalue weighted by Crippen LogP contribution is 2.25. The van der Waals surface area contributed by atoms with Gasteiger partial charge in [0.1, 0.15) is 15.5 Å². The van der Waals surface area contributed by atoms with E-state index in [-0.39, 0.29) is 21.2 Å². The smallest absolute Gasteiger partial charge is 0.342 e. The van der Waals surface area contributed by atoms with Gasteiger partial charge in [0.2, 0.25) is 0 Å². The van der Waals surface area contributed by atoms with Gasteiger partial charge in [-0.2, -0.15) is 0 Å². The maximum Gasteiger partial charge on any atom is 0.342 e. The number of ketones is 1. The van der Waals surface area contributed by atoms with Crippen LogP contribution in [0.25, 0.3) is 0 Å². The number of hydrogen-bond donors (Lipinski definition) is 2. The number of benzene rings is 2. The molecule has 0 atom stereocenters. The van der Waals surface area contributed by atoms with Gasteiger partial charge in [-0.3, -0.25) is 9.52 Å². The molecule has 0 fully saturated rings. The Labute approximate surface area is 178 Å². The summed E-state index contributed by atoms with van der Waals surface area (Å²) in [7, 11) is -3.81. The van der Waals surface area contributed by atoms with Crippen LogP contribution in [0.3, 0.4) is 0 Å². The van der Waals surface area contributed by atoms with Gasteiger partial charge in [-0.1, -0.05) is 18.2 Å². The SMILES string of the molecule is Cc1ccc(C(=O)COC(=O)c2cc(NS(=O)(=O)c3cccs3)ccc2O)cc1C. The Bertz CT molecular complexity index is 1200. The van der Waals surface area contributed by atoms with E-state index < -0.39 is 28.3 Å². The Morgan fingerprint density at radius 3 is 2.50 bits per heavy atom. The van der Waals surface area contributed by atoms with Crippen LogP contribution in [-0.4, -0.2) is 31.9 Å². The van der Waals surface area contributed by atoms with Crippen LogP contribution in [0.4, 0.5) is 5.69 Å². The summed E-state index contributed by atoms with van der Waals surface area (Å²) in [6.45, 7) is 3.29. The number of aryl methyl sites for hydroxylation is 2. The molecule has 0 saturated heterocycles. The number of sulfonamides is 1. The number of aromatic hydroxyl groups is 1. The van der Waals surface area contributed by atoms with E-state index >= 15 is 0 Å². The van der Waals surface area contributed by atoms with Gasteiger partial charge in [-0.15, -0.1) is 11.3 Å². The zero-order valence-electron chi connectivity index (χ0n) is 16.2. The van der Waals surface area contributed by atoms with Crippen LogP contribution in [0.5, 0.6) is 5.75 Å². The molecule has 0 saturated carbocycles. The molecule has 7 nitrogen and oxygen atoms in total. The van der Waals surface area contributed by atoms with Crippen molar-refractivity contribution in [2.24, 2.45) is 0 Å². The predicted octanol–water partition coefficient (Wildman–Crippen LogP) is 3.91. The van der Waals surface area contributed by atoms with Crippen molar-refractivity contribution in [1.29, 1.82) is 0 Å². The van der Waals surface area contributed by atoms with Crippen molar-refractivity contribution in [3.05, 3.63) is 76.2 Å². The number of thiophene rings is 1. The summed E-state index contributed by atoms with van der Waals surface area (Å²) in [5.41, 5.74) is 2.21. The van der Waals surface area contributed by atoms with Crippen molar-refractivity contribution in [2.45, 2.75) is 18.1 Å². The fourth-order valence-electron chi connectivity index (χ4n) is 2.59. The van der Waals surface area contributed by atoms with Gasteiger partial charge in [-0.25, -0.2) is 13.2 Å². The molecule has 0 aliphatic heterocycles. The molecule has 2 aromatic carbocycles. The molecule has 9 heteroatoms. The van der Waals surface area contributed by atoms with Crippen LogP contribution in [-0.2, 0) is 14.8 Å². The normalized spacial score (nSPS) is 11.1. The first-order valence-corrected chi connectivity index (χ1v) is 11.2. The van der Waals surface area contributed by atoms with E-state index in [1.807, 2.05) is 13.8 Å². The number of carbonyl (C=O) groups excluding carboxylic acids is 2. The Kier molecular flexibility index (Phi) is 6.23. The second-order valence-electron chi connectivity index (χ2n) is 6.57. The molecule has 30 heavy (non-hydrogen) atoms. The lowest BCUT2D eigenvalue weighted by Gasteiger charge is -2.10. The molecule has 3 aromatic rings. The minimum atomic E-state index is -3.81. The highest BCUT2D eigenvalue weighted by atomic mass is 32.2. The summed E-state index contributed by atoms with van der Waals surface area (Å²) in [5, 5.41) is 11.6. The molecule has 0 aliphatic rings. The third-order valence-corrected chi connectivity index (χ3v) is 7.17. The zero-order chi connectivity index (χ0) is 21.9. The lowest BCUT2D eigenvalue weighted by Crippen LogP contribution is -2.15. The third-order valence-electron chi connectivity index (χ3n) is 4.39. The van der Waals surface area contributed by atoms with Crippen molar-refractivity contribution in [1.82, 2.24) is 0 Å². The number of ether oxygens (including phenoxy) is 1. The third kappa shape index (κ3) is 4.87.